The fraction of sp³-hybridized carbons (Fsp3) is 0.571. The Bertz CT molecular complexity index is 439. The average Bonchev–Trinajstić information content (AvgIpc) is 2.81. The van der Waals surface area contributed by atoms with Crippen LogP contribution in [0, 0.1) is 12.8 Å². The van der Waals surface area contributed by atoms with E-state index in [1.807, 2.05) is 19.1 Å². The third-order valence-corrected chi connectivity index (χ3v) is 3.87. The van der Waals surface area contributed by atoms with Gasteiger partial charge < -0.3 is 10.6 Å². The molecule has 2 rings (SSSR count). The second-order valence-electron chi connectivity index (χ2n) is 5.22. The number of aromatic nitrogens is 1. The Kier molecular flexibility index (Phi) is 4.17. The maximum atomic E-state index is 5.78. The number of rotatable bonds is 4. The van der Waals surface area contributed by atoms with Gasteiger partial charge in [-0.05, 0) is 37.8 Å². The van der Waals surface area contributed by atoms with E-state index in [-0.39, 0.29) is 0 Å². The van der Waals surface area contributed by atoms with Crippen LogP contribution in [-0.2, 0) is 0 Å². The molecule has 0 spiro atoms. The van der Waals surface area contributed by atoms with Gasteiger partial charge in [-0.25, -0.2) is 4.98 Å². The van der Waals surface area contributed by atoms with Crippen molar-refractivity contribution in [1.82, 2.24) is 4.98 Å². The summed E-state index contributed by atoms with van der Waals surface area (Å²) in [6, 6.07) is 3.94. The van der Waals surface area contributed by atoms with Gasteiger partial charge in [0.15, 0.2) is 0 Å². The van der Waals surface area contributed by atoms with Gasteiger partial charge >= 0.3 is 0 Å². The molecule has 18 heavy (non-hydrogen) atoms. The normalized spacial score (nSPS) is 15.9. The summed E-state index contributed by atoms with van der Waals surface area (Å²) in [6.07, 6.45) is 5.39. The van der Waals surface area contributed by atoms with Crippen LogP contribution < -0.4 is 10.6 Å². The molecule has 1 aliphatic rings. The molecule has 0 unspecified atom stereocenters. The Balaban J connectivity index is 2.19. The SMILES string of the molecule is Cc1ccc(C(N)=S)c(N(C)CC2CCCC2)n1. The lowest BCUT2D eigenvalue weighted by Gasteiger charge is -2.24. The first-order chi connectivity index (χ1) is 8.58. The molecule has 0 atom stereocenters. The molecule has 0 bridgehead atoms. The number of anilines is 1. The smallest absolute Gasteiger partial charge is 0.138 e. The van der Waals surface area contributed by atoms with Gasteiger partial charge in [-0.1, -0.05) is 25.1 Å². The van der Waals surface area contributed by atoms with Gasteiger partial charge in [-0.15, -0.1) is 0 Å². The van der Waals surface area contributed by atoms with Crippen molar-refractivity contribution in [2.45, 2.75) is 32.6 Å². The van der Waals surface area contributed by atoms with E-state index < -0.39 is 0 Å². The molecule has 98 valence electrons. The molecule has 0 amide bonds. The largest absolute Gasteiger partial charge is 0.389 e. The number of thiocarbonyl (C=S) groups is 1. The van der Waals surface area contributed by atoms with E-state index in [0.29, 0.717) is 4.99 Å². The van der Waals surface area contributed by atoms with Gasteiger partial charge in [-0.3, -0.25) is 0 Å². The molecule has 4 heteroatoms. The number of aryl methyl sites for hydroxylation is 1. The molecule has 1 aliphatic carbocycles. The zero-order valence-electron chi connectivity index (χ0n) is 11.1. The summed E-state index contributed by atoms with van der Waals surface area (Å²) in [6.45, 7) is 3.04. The first-order valence-electron chi connectivity index (χ1n) is 6.56. The van der Waals surface area contributed by atoms with Crippen LogP contribution in [0.3, 0.4) is 0 Å². The first kappa shape index (κ1) is 13.3. The van der Waals surface area contributed by atoms with Crippen LogP contribution in [0.4, 0.5) is 5.82 Å². The molecule has 1 aromatic rings. The van der Waals surface area contributed by atoms with Crippen LogP contribution in [0.15, 0.2) is 12.1 Å². The Morgan fingerprint density at radius 3 is 2.72 bits per heavy atom. The highest BCUT2D eigenvalue weighted by atomic mass is 32.1. The maximum Gasteiger partial charge on any atom is 0.138 e. The molecule has 1 heterocycles. The molecule has 1 aromatic heterocycles. The zero-order valence-corrected chi connectivity index (χ0v) is 12.0. The van der Waals surface area contributed by atoms with Gasteiger partial charge in [0, 0.05) is 19.3 Å². The van der Waals surface area contributed by atoms with E-state index in [2.05, 4.69) is 16.9 Å². The molecule has 0 saturated heterocycles. The topological polar surface area (TPSA) is 42.1 Å². The quantitative estimate of drug-likeness (QED) is 0.848. The fourth-order valence-electron chi connectivity index (χ4n) is 2.69. The van der Waals surface area contributed by atoms with Gasteiger partial charge in [0.1, 0.15) is 10.8 Å². The number of pyridine rings is 1. The van der Waals surface area contributed by atoms with Crippen LogP contribution in [0.5, 0.6) is 0 Å². The monoisotopic (exact) mass is 263 g/mol. The predicted octanol–water partition coefficient (Wildman–Crippen LogP) is 2.65. The summed E-state index contributed by atoms with van der Waals surface area (Å²) in [4.78, 5) is 7.23. The Labute approximate surface area is 114 Å². The summed E-state index contributed by atoms with van der Waals surface area (Å²) in [7, 11) is 2.09. The summed E-state index contributed by atoms with van der Waals surface area (Å²) < 4.78 is 0. The maximum absolute atomic E-state index is 5.78. The van der Waals surface area contributed by atoms with Gasteiger partial charge in [0.2, 0.25) is 0 Å². The van der Waals surface area contributed by atoms with E-state index >= 15 is 0 Å². The molecule has 3 nitrogen and oxygen atoms in total. The minimum Gasteiger partial charge on any atom is -0.389 e. The molecule has 0 aliphatic heterocycles. The molecular formula is C14H21N3S. The zero-order chi connectivity index (χ0) is 13.1. The minimum atomic E-state index is 0.427. The average molecular weight is 263 g/mol. The van der Waals surface area contributed by atoms with Crippen molar-refractivity contribution in [3.8, 4) is 0 Å². The lowest BCUT2D eigenvalue weighted by Crippen LogP contribution is -2.28. The van der Waals surface area contributed by atoms with Crippen molar-refractivity contribution in [1.29, 1.82) is 0 Å². The third-order valence-electron chi connectivity index (χ3n) is 3.65. The third kappa shape index (κ3) is 2.99. The van der Waals surface area contributed by atoms with Crippen LogP contribution in [-0.4, -0.2) is 23.6 Å². The second kappa shape index (κ2) is 5.65. The van der Waals surface area contributed by atoms with Gasteiger partial charge in [-0.2, -0.15) is 0 Å². The number of hydrogen-bond donors (Lipinski definition) is 1. The van der Waals surface area contributed by atoms with Crippen LogP contribution in [0.2, 0.25) is 0 Å². The lowest BCUT2D eigenvalue weighted by atomic mass is 10.1. The Morgan fingerprint density at radius 2 is 2.11 bits per heavy atom. The van der Waals surface area contributed by atoms with Crippen LogP contribution in [0.25, 0.3) is 0 Å². The van der Waals surface area contributed by atoms with E-state index in [0.717, 1.165) is 29.5 Å². The van der Waals surface area contributed by atoms with Crippen molar-refractivity contribution in [3.63, 3.8) is 0 Å². The Hall–Kier alpha value is -1.16. The van der Waals surface area contributed by atoms with E-state index in [1.165, 1.54) is 25.7 Å². The van der Waals surface area contributed by atoms with E-state index in [1.54, 1.807) is 0 Å². The van der Waals surface area contributed by atoms with E-state index in [9.17, 15) is 0 Å². The lowest BCUT2D eigenvalue weighted by molar-refractivity contribution is 0.545. The standard InChI is InChI=1S/C14H21N3S/c1-10-7-8-12(13(15)18)14(16-10)17(2)9-11-5-3-4-6-11/h7-8,11H,3-6,9H2,1-2H3,(H2,15,18). The van der Waals surface area contributed by atoms with Crippen molar-refractivity contribution < 1.29 is 0 Å². The highest BCUT2D eigenvalue weighted by molar-refractivity contribution is 7.80. The summed E-state index contributed by atoms with van der Waals surface area (Å²) in [5, 5.41) is 0. The highest BCUT2D eigenvalue weighted by Crippen LogP contribution is 2.27. The Morgan fingerprint density at radius 1 is 1.44 bits per heavy atom. The van der Waals surface area contributed by atoms with Crippen molar-refractivity contribution in [3.05, 3.63) is 23.4 Å². The number of nitrogens with two attached hydrogens (primary N) is 1. The van der Waals surface area contributed by atoms with E-state index in [4.69, 9.17) is 18.0 Å². The summed E-state index contributed by atoms with van der Waals surface area (Å²) in [5.74, 6) is 1.71. The molecule has 0 aromatic carbocycles. The predicted molar refractivity (Wildman–Crippen MR) is 80.1 cm³/mol. The van der Waals surface area contributed by atoms with Crippen LogP contribution >= 0.6 is 12.2 Å². The van der Waals surface area contributed by atoms with Crippen molar-refractivity contribution >= 4 is 23.0 Å². The summed E-state index contributed by atoms with van der Waals surface area (Å²) in [5.41, 5.74) is 7.66. The first-order valence-corrected chi connectivity index (χ1v) is 6.97. The van der Waals surface area contributed by atoms with Crippen molar-refractivity contribution in [2.75, 3.05) is 18.5 Å². The highest BCUT2D eigenvalue weighted by Gasteiger charge is 2.19. The molecule has 1 saturated carbocycles. The minimum absolute atomic E-state index is 0.427. The van der Waals surface area contributed by atoms with Gasteiger partial charge in [0.25, 0.3) is 0 Å². The van der Waals surface area contributed by atoms with Gasteiger partial charge in [0.05, 0.1) is 5.56 Å². The van der Waals surface area contributed by atoms with Crippen molar-refractivity contribution in [2.24, 2.45) is 11.7 Å². The number of hydrogen-bond acceptors (Lipinski definition) is 3. The molecule has 2 N–H and O–H groups in total. The summed E-state index contributed by atoms with van der Waals surface area (Å²) >= 11 is 5.11. The van der Waals surface area contributed by atoms with Crippen LogP contribution in [0.1, 0.15) is 36.9 Å². The number of nitrogens with zero attached hydrogens (tertiary/aromatic N) is 2. The molecule has 1 fully saturated rings. The fourth-order valence-corrected chi connectivity index (χ4v) is 2.85. The molecule has 0 radical (unpaired) electrons. The second-order valence-corrected chi connectivity index (χ2v) is 5.66. The molecular weight excluding hydrogens is 242 g/mol.